The Hall–Kier alpha value is -2.84. The van der Waals surface area contributed by atoms with Crippen LogP contribution in [0, 0.1) is 0 Å². The minimum atomic E-state index is -1.71. The number of cyclic esters (lactones) is 1. The molecule has 6 nitrogen and oxygen atoms in total. The molecule has 0 amide bonds. The first-order chi connectivity index (χ1) is 17.6. The average Bonchev–Trinajstić information content (AvgIpc) is 3.18. The third kappa shape index (κ3) is 4.05. The van der Waals surface area contributed by atoms with Crippen LogP contribution in [0.5, 0.6) is 11.5 Å². The quantitative estimate of drug-likeness (QED) is 0.242. The normalized spacial score (nSPS) is 13.9. The number of carboxylic acid groups (broad SMARTS) is 1. The third-order valence-electron chi connectivity index (χ3n) is 7.13. The van der Waals surface area contributed by atoms with Gasteiger partial charge in [0.15, 0.2) is 5.60 Å². The van der Waals surface area contributed by atoms with E-state index in [1.165, 1.54) is 12.1 Å². The van der Waals surface area contributed by atoms with E-state index in [9.17, 15) is 24.9 Å². The lowest BCUT2D eigenvalue weighted by molar-refractivity contribution is 0.0234. The number of carbonyl (C=O) groups is 2. The first-order valence-corrected chi connectivity index (χ1v) is 13.8. The average molecular weight is 632 g/mol. The molecule has 0 saturated heterocycles. The van der Waals surface area contributed by atoms with E-state index < -0.39 is 17.5 Å². The summed E-state index contributed by atoms with van der Waals surface area (Å²) in [5.41, 5.74) is 2.64. The molecule has 37 heavy (non-hydrogen) atoms. The molecular weight excluding hydrogens is 604 g/mol. The number of carboxylic acids is 1. The number of ether oxygens (including phenoxy) is 1. The number of benzene rings is 3. The van der Waals surface area contributed by atoms with Crippen LogP contribution in [-0.2, 0) is 36.0 Å². The largest absolute Gasteiger partial charge is 0.506 e. The molecule has 3 aromatic rings. The Bertz CT molecular complexity index is 1380. The van der Waals surface area contributed by atoms with Gasteiger partial charge in [-0.3, -0.25) is 0 Å². The van der Waals surface area contributed by atoms with E-state index >= 15 is 0 Å². The van der Waals surface area contributed by atoms with Gasteiger partial charge >= 0.3 is 11.9 Å². The summed E-state index contributed by atoms with van der Waals surface area (Å²) < 4.78 is 7.20. The summed E-state index contributed by atoms with van der Waals surface area (Å²) in [7, 11) is 0. The maximum Gasteiger partial charge on any atom is 0.340 e. The summed E-state index contributed by atoms with van der Waals surface area (Å²) in [5.74, 6) is -2.08. The van der Waals surface area contributed by atoms with E-state index in [4.69, 9.17) is 4.74 Å². The van der Waals surface area contributed by atoms with Crippen molar-refractivity contribution in [1.29, 1.82) is 0 Å². The molecule has 3 aromatic carbocycles. The van der Waals surface area contributed by atoms with Gasteiger partial charge in [-0.25, -0.2) is 9.59 Å². The molecule has 0 aliphatic carbocycles. The molecule has 4 rings (SSSR count). The highest BCUT2D eigenvalue weighted by molar-refractivity contribution is 9.11. The summed E-state index contributed by atoms with van der Waals surface area (Å²) >= 11 is 7.07. The third-order valence-corrected chi connectivity index (χ3v) is 8.90. The van der Waals surface area contributed by atoms with E-state index in [2.05, 4.69) is 31.9 Å². The van der Waals surface area contributed by atoms with Gasteiger partial charge in [-0.15, -0.1) is 0 Å². The van der Waals surface area contributed by atoms with Gasteiger partial charge < -0.3 is 20.1 Å². The summed E-state index contributed by atoms with van der Waals surface area (Å²) in [4.78, 5) is 25.1. The molecule has 0 radical (unpaired) electrons. The molecular formula is C29H28Br2O6. The molecule has 0 spiro atoms. The number of rotatable bonds is 7. The van der Waals surface area contributed by atoms with Gasteiger partial charge in [0, 0.05) is 5.56 Å². The fraction of sp³-hybridized carbons (Fsp3) is 0.310. The Kier molecular flexibility index (Phi) is 7.45. The molecule has 1 heterocycles. The van der Waals surface area contributed by atoms with Crippen molar-refractivity contribution in [2.75, 3.05) is 0 Å². The fourth-order valence-electron chi connectivity index (χ4n) is 5.28. The highest BCUT2D eigenvalue weighted by Crippen LogP contribution is 2.57. The summed E-state index contributed by atoms with van der Waals surface area (Å²) in [6.45, 7) is 7.85. The van der Waals surface area contributed by atoms with Crippen LogP contribution in [0.2, 0.25) is 0 Å². The first-order valence-electron chi connectivity index (χ1n) is 12.3. The number of aromatic carboxylic acids is 1. The highest BCUT2D eigenvalue weighted by Gasteiger charge is 2.54. The van der Waals surface area contributed by atoms with Gasteiger partial charge in [-0.2, -0.15) is 0 Å². The van der Waals surface area contributed by atoms with Crippen LogP contribution in [0.25, 0.3) is 0 Å². The summed E-state index contributed by atoms with van der Waals surface area (Å²) in [6, 6.07) is 8.18. The van der Waals surface area contributed by atoms with Crippen LogP contribution in [0.15, 0.2) is 39.3 Å². The molecule has 0 unspecified atom stereocenters. The number of halogens is 2. The maximum atomic E-state index is 13.4. The molecule has 0 atom stereocenters. The van der Waals surface area contributed by atoms with Crippen molar-refractivity contribution in [1.82, 2.24) is 0 Å². The molecule has 8 heteroatoms. The minimum Gasteiger partial charge on any atom is -0.506 e. The number of aromatic hydroxyl groups is 2. The predicted molar refractivity (Wildman–Crippen MR) is 148 cm³/mol. The second kappa shape index (κ2) is 10.1. The van der Waals surface area contributed by atoms with Gasteiger partial charge in [0.25, 0.3) is 0 Å². The Morgan fingerprint density at radius 3 is 1.68 bits per heavy atom. The van der Waals surface area contributed by atoms with Crippen molar-refractivity contribution in [3.63, 3.8) is 0 Å². The Morgan fingerprint density at radius 2 is 1.27 bits per heavy atom. The van der Waals surface area contributed by atoms with Crippen molar-refractivity contribution in [3.05, 3.63) is 89.3 Å². The van der Waals surface area contributed by atoms with Crippen LogP contribution >= 0.6 is 31.9 Å². The van der Waals surface area contributed by atoms with E-state index in [0.29, 0.717) is 51.3 Å². The van der Waals surface area contributed by atoms with Gasteiger partial charge in [0.1, 0.15) is 11.5 Å². The van der Waals surface area contributed by atoms with Crippen molar-refractivity contribution >= 4 is 43.8 Å². The van der Waals surface area contributed by atoms with Crippen molar-refractivity contribution in [2.45, 2.75) is 59.0 Å². The van der Waals surface area contributed by atoms with Crippen molar-refractivity contribution in [3.8, 4) is 11.5 Å². The predicted octanol–water partition coefficient (Wildman–Crippen LogP) is 7.03. The molecule has 0 saturated carbocycles. The second-order valence-corrected chi connectivity index (χ2v) is 10.6. The summed E-state index contributed by atoms with van der Waals surface area (Å²) in [6.07, 6.45) is 2.35. The molecule has 0 aromatic heterocycles. The molecule has 0 fully saturated rings. The Balaban J connectivity index is 2.26. The molecule has 1 aliphatic heterocycles. The van der Waals surface area contributed by atoms with Gasteiger partial charge in [-0.05, 0) is 91.9 Å². The lowest BCUT2D eigenvalue weighted by atomic mass is 9.73. The number of phenols is 2. The molecule has 1 aliphatic rings. The number of hydrogen-bond acceptors (Lipinski definition) is 5. The van der Waals surface area contributed by atoms with Crippen molar-refractivity contribution < 1.29 is 29.6 Å². The van der Waals surface area contributed by atoms with Gasteiger partial charge in [0.2, 0.25) is 0 Å². The zero-order chi connectivity index (χ0) is 27.2. The zero-order valence-electron chi connectivity index (χ0n) is 21.0. The Morgan fingerprint density at radius 1 is 0.811 bits per heavy atom. The van der Waals surface area contributed by atoms with Crippen molar-refractivity contribution in [2.24, 2.45) is 0 Å². The van der Waals surface area contributed by atoms with E-state index in [-0.39, 0.29) is 22.6 Å². The first kappa shape index (κ1) is 27.2. The summed E-state index contributed by atoms with van der Waals surface area (Å²) in [5, 5.41) is 32.9. The lowest BCUT2D eigenvalue weighted by Crippen LogP contribution is -2.33. The SMILES string of the molecule is CCc1cc(CC)c(C2(c3c(CC)cc(CC)c(Br)c3O)OC(=O)c3cc(C(=O)O)ccc32)c(O)c1Br. The molecule has 194 valence electrons. The number of fused-ring (bicyclic) bond motifs is 1. The smallest absolute Gasteiger partial charge is 0.340 e. The molecule has 3 N–H and O–H groups in total. The topological polar surface area (TPSA) is 104 Å². The van der Waals surface area contributed by atoms with Crippen LogP contribution in [0.4, 0.5) is 0 Å². The minimum absolute atomic E-state index is 0.0589. The van der Waals surface area contributed by atoms with Crippen LogP contribution in [0.1, 0.15) is 87.4 Å². The van der Waals surface area contributed by atoms with Crippen LogP contribution < -0.4 is 0 Å². The second-order valence-electron chi connectivity index (χ2n) is 9.02. The maximum absolute atomic E-state index is 13.4. The van der Waals surface area contributed by atoms with E-state index in [1.807, 2.05) is 39.8 Å². The number of phenolic OH excluding ortho intramolecular Hbond substituents is 2. The lowest BCUT2D eigenvalue weighted by Gasteiger charge is -2.35. The van der Waals surface area contributed by atoms with Gasteiger partial charge in [0.05, 0.1) is 31.2 Å². The monoisotopic (exact) mass is 630 g/mol. The number of hydrogen-bond donors (Lipinski definition) is 3. The number of esters is 1. The number of aryl methyl sites for hydroxylation is 4. The Labute approximate surface area is 232 Å². The van der Waals surface area contributed by atoms with Crippen LogP contribution in [-0.4, -0.2) is 27.3 Å². The fourth-order valence-corrected chi connectivity index (χ4v) is 6.46. The van der Waals surface area contributed by atoms with E-state index in [1.54, 1.807) is 6.07 Å². The zero-order valence-corrected chi connectivity index (χ0v) is 24.2. The number of carbonyl (C=O) groups excluding carboxylic acids is 1. The molecule has 0 bridgehead atoms. The van der Waals surface area contributed by atoms with Gasteiger partial charge in [-0.1, -0.05) is 45.9 Å². The van der Waals surface area contributed by atoms with E-state index in [0.717, 1.165) is 22.3 Å². The van der Waals surface area contributed by atoms with Crippen LogP contribution in [0.3, 0.4) is 0 Å². The standard InChI is InChI=1S/C29H28Br2O6/c1-5-14-11-16(7-3)23(30)25(32)21(14)29(22-15(6-2)12-17(8-4)24(31)26(22)33)20-10-9-18(27(34)35)13-19(20)28(36)37-29/h9-13,32-33H,5-8H2,1-4H3,(H,34,35). The highest BCUT2D eigenvalue weighted by atomic mass is 79.9.